The van der Waals surface area contributed by atoms with Gasteiger partial charge in [0.15, 0.2) is 0 Å². The van der Waals surface area contributed by atoms with Crippen molar-refractivity contribution in [3.8, 4) is 0 Å². The first kappa shape index (κ1) is 17.5. The highest BCUT2D eigenvalue weighted by Gasteiger charge is 2.19. The van der Waals surface area contributed by atoms with Crippen LogP contribution in [0.5, 0.6) is 0 Å². The van der Waals surface area contributed by atoms with Crippen LogP contribution in [-0.4, -0.2) is 41.0 Å². The predicted molar refractivity (Wildman–Crippen MR) is 110 cm³/mol. The van der Waals surface area contributed by atoms with Gasteiger partial charge in [-0.2, -0.15) is 4.98 Å². The van der Waals surface area contributed by atoms with Crippen LogP contribution in [0.2, 0.25) is 0 Å². The van der Waals surface area contributed by atoms with Crippen LogP contribution in [0.25, 0.3) is 0 Å². The van der Waals surface area contributed by atoms with Gasteiger partial charge in [-0.25, -0.2) is 4.98 Å². The van der Waals surface area contributed by atoms with E-state index in [4.69, 9.17) is 4.98 Å². The molecule has 27 heavy (non-hydrogen) atoms. The monoisotopic (exact) mass is 359 g/mol. The Kier molecular flexibility index (Phi) is 5.60. The second-order valence-electron chi connectivity index (χ2n) is 6.83. The third-order valence-electron chi connectivity index (χ3n) is 4.86. The van der Waals surface area contributed by atoms with Crippen molar-refractivity contribution in [1.29, 1.82) is 0 Å². The first-order valence-electron chi connectivity index (χ1n) is 9.49. The zero-order chi connectivity index (χ0) is 18.3. The first-order chi connectivity index (χ1) is 13.4. The van der Waals surface area contributed by atoms with E-state index in [-0.39, 0.29) is 0 Å². The lowest BCUT2D eigenvalue weighted by atomic mass is 10.2. The fraction of sp³-hybridized carbons (Fsp3) is 0.273. The minimum Gasteiger partial charge on any atom is -0.366 e. The van der Waals surface area contributed by atoms with E-state index in [1.54, 1.807) is 0 Å². The van der Waals surface area contributed by atoms with Crippen LogP contribution in [0.1, 0.15) is 11.1 Å². The van der Waals surface area contributed by atoms with Gasteiger partial charge < -0.3 is 10.2 Å². The molecule has 0 spiro atoms. The summed E-state index contributed by atoms with van der Waals surface area (Å²) in [6.45, 7) is 5.74. The molecule has 1 fully saturated rings. The van der Waals surface area contributed by atoms with Crippen LogP contribution in [0, 0.1) is 0 Å². The van der Waals surface area contributed by atoms with Crippen molar-refractivity contribution in [2.24, 2.45) is 0 Å². The number of piperazine rings is 1. The molecule has 2 aromatic carbocycles. The van der Waals surface area contributed by atoms with E-state index in [0.717, 1.165) is 51.0 Å². The first-order valence-corrected chi connectivity index (χ1v) is 9.49. The van der Waals surface area contributed by atoms with Gasteiger partial charge >= 0.3 is 0 Å². The molecule has 1 N–H and O–H groups in total. The van der Waals surface area contributed by atoms with Gasteiger partial charge in [0.05, 0.1) is 0 Å². The van der Waals surface area contributed by atoms with Crippen molar-refractivity contribution in [1.82, 2.24) is 14.9 Å². The predicted octanol–water partition coefficient (Wildman–Crippen LogP) is 3.41. The normalized spacial score (nSPS) is 14.9. The van der Waals surface area contributed by atoms with Crippen molar-refractivity contribution in [2.75, 3.05) is 36.4 Å². The number of rotatable bonds is 6. The van der Waals surface area contributed by atoms with E-state index < -0.39 is 0 Å². The maximum atomic E-state index is 4.71. The molecule has 2 heterocycles. The zero-order valence-electron chi connectivity index (χ0n) is 15.5. The van der Waals surface area contributed by atoms with Gasteiger partial charge in [0.25, 0.3) is 0 Å². The third kappa shape index (κ3) is 4.83. The van der Waals surface area contributed by atoms with Gasteiger partial charge in [0, 0.05) is 45.5 Å². The second-order valence-corrected chi connectivity index (χ2v) is 6.83. The maximum Gasteiger partial charge on any atom is 0.227 e. The van der Waals surface area contributed by atoms with E-state index in [1.165, 1.54) is 11.1 Å². The number of benzene rings is 2. The molecule has 0 saturated carbocycles. The summed E-state index contributed by atoms with van der Waals surface area (Å²) in [6.07, 6.45) is 1.84. The summed E-state index contributed by atoms with van der Waals surface area (Å²) >= 11 is 0. The fourth-order valence-corrected chi connectivity index (χ4v) is 3.34. The molecule has 138 valence electrons. The molecule has 0 atom stereocenters. The highest BCUT2D eigenvalue weighted by Crippen LogP contribution is 2.15. The standard InChI is InChI=1S/C22H25N5/c1-3-7-19(8-4-1)17-24-21-11-12-23-22(25-21)27-15-13-26(14-16-27)18-20-9-5-2-6-10-20/h1-12H,13-18H2,(H,23,24,25). The van der Waals surface area contributed by atoms with Crippen molar-refractivity contribution < 1.29 is 0 Å². The number of nitrogens with one attached hydrogen (secondary N) is 1. The largest absolute Gasteiger partial charge is 0.366 e. The third-order valence-corrected chi connectivity index (χ3v) is 4.86. The molecule has 0 radical (unpaired) electrons. The smallest absolute Gasteiger partial charge is 0.227 e. The van der Waals surface area contributed by atoms with E-state index in [9.17, 15) is 0 Å². The van der Waals surface area contributed by atoms with E-state index in [1.807, 2.05) is 18.3 Å². The van der Waals surface area contributed by atoms with Crippen molar-refractivity contribution >= 4 is 11.8 Å². The summed E-state index contributed by atoms with van der Waals surface area (Å²) < 4.78 is 0. The molecule has 1 aliphatic heterocycles. The molecule has 5 nitrogen and oxygen atoms in total. The molecule has 0 aliphatic carbocycles. The Morgan fingerprint density at radius 2 is 1.44 bits per heavy atom. The molecule has 5 heteroatoms. The summed E-state index contributed by atoms with van der Waals surface area (Å²) in [6, 6.07) is 23.0. The molecular weight excluding hydrogens is 334 g/mol. The molecule has 1 aliphatic rings. The Labute approximate surface area is 160 Å². The average Bonchev–Trinajstić information content (AvgIpc) is 2.75. The number of anilines is 2. The summed E-state index contributed by atoms with van der Waals surface area (Å²) in [5, 5.41) is 3.39. The molecule has 0 bridgehead atoms. The quantitative estimate of drug-likeness (QED) is 0.731. The van der Waals surface area contributed by atoms with Crippen LogP contribution >= 0.6 is 0 Å². The molecule has 3 aromatic rings. The Bertz CT molecular complexity index is 830. The molecule has 1 saturated heterocycles. The lowest BCUT2D eigenvalue weighted by molar-refractivity contribution is 0.248. The number of nitrogens with zero attached hydrogens (tertiary/aromatic N) is 4. The Balaban J connectivity index is 1.32. The molecule has 0 unspecified atom stereocenters. The maximum absolute atomic E-state index is 4.71. The minimum absolute atomic E-state index is 0.766. The van der Waals surface area contributed by atoms with E-state index in [0.29, 0.717) is 0 Å². The SMILES string of the molecule is c1ccc(CNc2ccnc(N3CCN(Cc4ccccc4)CC3)n2)cc1. The lowest BCUT2D eigenvalue weighted by Gasteiger charge is -2.34. The fourth-order valence-electron chi connectivity index (χ4n) is 3.34. The Morgan fingerprint density at radius 1 is 0.778 bits per heavy atom. The highest BCUT2D eigenvalue weighted by molar-refractivity contribution is 5.42. The topological polar surface area (TPSA) is 44.3 Å². The van der Waals surface area contributed by atoms with E-state index >= 15 is 0 Å². The molecule has 4 rings (SSSR count). The molecular formula is C22H25N5. The highest BCUT2D eigenvalue weighted by atomic mass is 15.3. The summed E-state index contributed by atoms with van der Waals surface area (Å²) in [4.78, 5) is 14.0. The van der Waals surface area contributed by atoms with Crippen LogP contribution in [-0.2, 0) is 13.1 Å². The summed E-state index contributed by atoms with van der Waals surface area (Å²) in [5.41, 5.74) is 2.61. The Hall–Kier alpha value is -2.92. The minimum atomic E-state index is 0.766. The van der Waals surface area contributed by atoms with Gasteiger partial charge in [-0.1, -0.05) is 60.7 Å². The number of hydrogen-bond donors (Lipinski definition) is 1. The summed E-state index contributed by atoms with van der Waals surface area (Å²) in [7, 11) is 0. The second kappa shape index (κ2) is 8.64. The van der Waals surface area contributed by atoms with Gasteiger partial charge in [-0.05, 0) is 17.2 Å². The van der Waals surface area contributed by atoms with Crippen molar-refractivity contribution in [3.05, 3.63) is 84.1 Å². The summed E-state index contributed by atoms with van der Waals surface area (Å²) in [5.74, 6) is 1.68. The van der Waals surface area contributed by atoms with Crippen LogP contribution in [0.15, 0.2) is 72.9 Å². The molecule has 1 aromatic heterocycles. The van der Waals surface area contributed by atoms with Crippen molar-refractivity contribution in [3.63, 3.8) is 0 Å². The Morgan fingerprint density at radius 3 is 2.15 bits per heavy atom. The number of hydrogen-bond acceptors (Lipinski definition) is 5. The number of aromatic nitrogens is 2. The molecule has 0 amide bonds. The van der Waals surface area contributed by atoms with Gasteiger partial charge in [0.2, 0.25) is 5.95 Å². The van der Waals surface area contributed by atoms with Gasteiger partial charge in [-0.3, -0.25) is 4.90 Å². The van der Waals surface area contributed by atoms with Gasteiger partial charge in [-0.15, -0.1) is 0 Å². The van der Waals surface area contributed by atoms with Crippen LogP contribution < -0.4 is 10.2 Å². The van der Waals surface area contributed by atoms with Crippen LogP contribution in [0.4, 0.5) is 11.8 Å². The van der Waals surface area contributed by atoms with Crippen molar-refractivity contribution in [2.45, 2.75) is 13.1 Å². The van der Waals surface area contributed by atoms with Gasteiger partial charge in [0.1, 0.15) is 5.82 Å². The average molecular weight is 359 g/mol. The van der Waals surface area contributed by atoms with Crippen LogP contribution in [0.3, 0.4) is 0 Å². The zero-order valence-corrected chi connectivity index (χ0v) is 15.5. The van der Waals surface area contributed by atoms with E-state index in [2.05, 4.69) is 74.7 Å². The lowest BCUT2D eigenvalue weighted by Crippen LogP contribution is -2.46.